The minimum Gasteiger partial charge on any atom is -0.456 e. The van der Waals surface area contributed by atoms with Crippen LogP contribution in [0.1, 0.15) is 63.6 Å². The summed E-state index contributed by atoms with van der Waals surface area (Å²) < 4.78 is 10.5. The Kier molecular flexibility index (Phi) is 5.77. The Morgan fingerprint density at radius 3 is 2.13 bits per heavy atom. The van der Waals surface area contributed by atoms with Crippen molar-refractivity contribution in [2.45, 2.75) is 58.9 Å². The molecule has 3 N–H and O–H groups in total. The molecule has 0 aliphatic carbocycles. The molecule has 0 aliphatic heterocycles. The quantitative estimate of drug-likeness (QED) is 0.659. The molecule has 0 saturated carbocycles. The van der Waals surface area contributed by atoms with Crippen molar-refractivity contribution in [1.29, 1.82) is 0 Å². The standard InChI is InChI=1S/C17H26N2O4/c1-16(2,3)22-14(20)12-9-7-8-11(10-12)13(18)19-15(21)23-17(4,5)6/h7-10,13H,18H2,1-6H3,(H,19,21). The van der Waals surface area contributed by atoms with Crippen LogP contribution in [0.5, 0.6) is 0 Å². The van der Waals surface area contributed by atoms with Crippen molar-refractivity contribution in [2.24, 2.45) is 5.73 Å². The molecule has 1 atom stereocenters. The molecule has 6 heteroatoms. The van der Waals surface area contributed by atoms with E-state index in [9.17, 15) is 9.59 Å². The van der Waals surface area contributed by atoms with Crippen molar-refractivity contribution in [3.05, 3.63) is 35.4 Å². The summed E-state index contributed by atoms with van der Waals surface area (Å²) in [6.45, 7) is 10.7. The molecule has 1 aromatic carbocycles. The molecule has 0 aromatic heterocycles. The van der Waals surface area contributed by atoms with Crippen LogP contribution in [0, 0.1) is 0 Å². The zero-order valence-corrected chi connectivity index (χ0v) is 14.6. The van der Waals surface area contributed by atoms with E-state index in [1.807, 2.05) is 0 Å². The minimum absolute atomic E-state index is 0.374. The van der Waals surface area contributed by atoms with Crippen LogP contribution in [0.3, 0.4) is 0 Å². The maximum absolute atomic E-state index is 12.1. The second-order valence-corrected chi connectivity index (χ2v) is 7.25. The van der Waals surface area contributed by atoms with Crippen molar-refractivity contribution < 1.29 is 19.1 Å². The molecule has 128 valence electrons. The predicted octanol–water partition coefficient (Wildman–Crippen LogP) is 3.12. The van der Waals surface area contributed by atoms with Crippen LogP contribution >= 0.6 is 0 Å². The van der Waals surface area contributed by atoms with E-state index in [4.69, 9.17) is 15.2 Å². The number of esters is 1. The lowest BCUT2D eigenvalue weighted by molar-refractivity contribution is 0.00692. The van der Waals surface area contributed by atoms with Gasteiger partial charge in [-0.3, -0.25) is 0 Å². The van der Waals surface area contributed by atoms with Crippen LogP contribution in [-0.4, -0.2) is 23.3 Å². The average Bonchev–Trinajstić information content (AvgIpc) is 2.34. The topological polar surface area (TPSA) is 90.6 Å². The fourth-order valence-corrected chi connectivity index (χ4v) is 1.71. The number of nitrogens with two attached hydrogens (primary N) is 1. The maximum Gasteiger partial charge on any atom is 0.409 e. The average molecular weight is 322 g/mol. The predicted molar refractivity (Wildman–Crippen MR) is 87.9 cm³/mol. The summed E-state index contributed by atoms with van der Waals surface area (Å²) >= 11 is 0. The zero-order chi connectivity index (χ0) is 17.8. The van der Waals surface area contributed by atoms with E-state index >= 15 is 0 Å². The first-order chi connectivity index (χ1) is 10.4. The van der Waals surface area contributed by atoms with E-state index in [1.165, 1.54) is 0 Å². The normalized spacial score (nSPS) is 13.2. The first-order valence-corrected chi connectivity index (χ1v) is 7.46. The van der Waals surface area contributed by atoms with Crippen LogP contribution in [0.25, 0.3) is 0 Å². The number of carbonyl (C=O) groups is 2. The van der Waals surface area contributed by atoms with Gasteiger partial charge in [0.1, 0.15) is 17.4 Å². The number of amides is 1. The molecule has 0 fully saturated rings. The third kappa shape index (κ3) is 7.15. The molecule has 23 heavy (non-hydrogen) atoms. The van der Waals surface area contributed by atoms with E-state index in [1.54, 1.807) is 65.8 Å². The Morgan fingerprint density at radius 1 is 1.04 bits per heavy atom. The SMILES string of the molecule is CC(C)(C)OC(=O)NC(N)c1cccc(C(=O)OC(C)(C)C)c1. The first-order valence-electron chi connectivity index (χ1n) is 7.46. The van der Waals surface area contributed by atoms with Gasteiger partial charge in [0, 0.05) is 0 Å². The monoisotopic (exact) mass is 322 g/mol. The summed E-state index contributed by atoms with van der Waals surface area (Å²) in [6.07, 6.45) is -1.40. The fraction of sp³-hybridized carbons (Fsp3) is 0.529. The van der Waals surface area contributed by atoms with Gasteiger partial charge in [-0.15, -0.1) is 0 Å². The number of ether oxygens (including phenoxy) is 2. The van der Waals surface area contributed by atoms with Gasteiger partial charge in [0.15, 0.2) is 0 Å². The molecule has 0 bridgehead atoms. The van der Waals surface area contributed by atoms with Crippen LogP contribution in [0.4, 0.5) is 4.79 Å². The van der Waals surface area contributed by atoms with Gasteiger partial charge in [0.05, 0.1) is 5.56 Å². The third-order valence-electron chi connectivity index (χ3n) is 2.55. The number of nitrogens with one attached hydrogen (secondary N) is 1. The number of hydrogen-bond donors (Lipinski definition) is 2. The van der Waals surface area contributed by atoms with E-state index < -0.39 is 29.4 Å². The molecule has 0 heterocycles. The van der Waals surface area contributed by atoms with Crippen LogP contribution in [0.15, 0.2) is 24.3 Å². The van der Waals surface area contributed by atoms with E-state index in [-0.39, 0.29) is 0 Å². The molecule has 0 radical (unpaired) electrons. The lowest BCUT2D eigenvalue weighted by atomic mass is 10.1. The Balaban J connectivity index is 2.80. The fourth-order valence-electron chi connectivity index (χ4n) is 1.71. The van der Waals surface area contributed by atoms with E-state index in [0.29, 0.717) is 11.1 Å². The van der Waals surface area contributed by atoms with Crippen molar-refractivity contribution in [3.63, 3.8) is 0 Å². The van der Waals surface area contributed by atoms with Gasteiger partial charge in [-0.05, 0) is 59.2 Å². The summed E-state index contributed by atoms with van der Waals surface area (Å²) in [6, 6.07) is 6.63. The van der Waals surface area contributed by atoms with Gasteiger partial charge in [-0.1, -0.05) is 12.1 Å². The number of alkyl carbamates (subject to hydrolysis) is 1. The highest BCUT2D eigenvalue weighted by Crippen LogP contribution is 2.16. The summed E-state index contributed by atoms with van der Waals surface area (Å²) in [4.78, 5) is 23.8. The second-order valence-electron chi connectivity index (χ2n) is 7.25. The number of carbonyl (C=O) groups excluding carboxylic acids is 2. The Hall–Kier alpha value is -2.08. The van der Waals surface area contributed by atoms with Gasteiger partial charge in [0.2, 0.25) is 0 Å². The highest BCUT2D eigenvalue weighted by Gasteiger charge is 2.21. The molecular formula is C17H26N2O4. The highest BCUT2D eigenvalue weighted by molar-refractivity contribution is 5.89. The molecule has 6 nitrogen and oxygen atoms in total. The molecule has 1 rings (SSSR count). The zero-order valence-electron chi connectivity index (χ0n) is 14.6. The molecule has 1 aromatic rings. The van der Waals surface area contributed by atoms with Crippen LogP contribution in [0.2, 0.25) is 0 Å². The molecule has 1 unspecified atom stereocenters. The minimum atomic E-state index is -0.785. The van der Waals surface area contributed by atoms with E-state index in [2.05, 4.69) is 5.32 Å². The van der Waals surface area contributed by atoms with E-state index in [0.717, 1.165) is 0 Å². The molecular weight excluding hydrogens is 296 g/mol. The highest BCUT2D eigenvalue weighted by atomic mass is 16.6. The summed E-state index contributed by atoms with van der Waals surface area (Å²) in [5.74, 6) is -0.441. The number of rotatable bonds is 3. The Bertz CT molecular complexity index is 571. The van der Waals surface area contributed by atoms with Crippen molar-refractivity contribution in [1.82, 2.24) is 5.32 Å². The second kappa shape index (κ2) is 7.00. The lowest BCUT2D eigenvalue weighted by Gasteiger charge is -2.22. The van der Waals surface area contributed by atoms with Crippen LogP contribution < -0.4 is 11.1 Å². The number of benzene rings is 1. The Morgan fingerprint density at radius 2 is 1.61 bits per heavy atom. The van der Waals surface area contributed by atoms with Crippen molar-refractivity contribution in [2.75, 3.05) is 0 Å². The van der Waals surface area contributed by atoms with Gasteiger partial charge in [0.25, 0.3) is 0 Å². The largest absolute Gasteiger partial charge is 0.456 e. The summed E-state index contributed by atoms with van der Waals surface area (Å²) in [7, 11) is 0. The smallest absolute Gasteiger partial charge is 0.409 e. The number of hydrogen-bond acceptors (Lipinski definition) is 5. The van der Waals surface area contributed by atoms with Gasteiger partial charge >= 0.3 is 12.1 Å². The van der Waals surface area contributed by atoms with Gasteiger partial charge < -0.3 is 20.5 Å². The third-order valence-corrected chi connectivity index (χ3v) is 2.55. The van der Waals surface area contributed by atoms with Gasteiger partial charge in [-0.2, -0.15) is 0 Å². The molecule has 0 saturated heterocycles. The maximum atomic E-state index is 12.1. The summed E-state index contributed by atoms with van der Waals surface area (Å²) in [5.41, 5.74) is 5.72. The molecule has 0 spiro atoms. The van der Waals surface area contributed by atoms with Crippen LogP contribution in [-0.2, 0) is 9.47 Å². The van der Waals surface area contributed by atoms with Gasteiger partial charge in [-0.25, -0.2) is 9.59 Å². The lowest BCUT2D eigenvalue weighted by Crippen LogP contribution is -2.38. The summed E-state index contributed by atoms with van der Waals surface area (Å²) in [5, 5.41) is 2.53. The first kappa shape index (κ1) is 19.0. The molecule has 0 aliphatic rings. The van der Waals surface area contributed by atoms with Crippen molar-refractivity contribution in [3.8, 4) is 0 Å². The molecule has 1 amide bonds. The Labute approximate surface area is 137 Å². The van der Waals surface area contributed by atoms with Crippen molar-refractivity contribution >= 4 is 12.1 Å².